The van der Waals surface area contributed by atoms with Crippen molar-refractivity contribution in [2.75, 3.05) is 21.3 Å². The third-order valence-corrected chi connectivity index (χ3v) is 5.30. The zero-order valence-electron chi connectivity index (χ0n) is 16.2. The Bertz CT molecular complexity index is 887. The first kappa shape index (κ1) is 20.1. The van der Waals surface area contributed by atoms with Gasteiger partial charge in [0.1, 0.15) is 17.2 Å². The number of hydrogen-bond donors (Lipinski definition) is 1. The highest BCUT2D eigenvalue weighted by Gasteiger charge is 2.11. The van der Waals surface area contributed by atoms with Gasteiger partial charge in [0.05, 0.1) is 33.6 Å². The van der Waals surface area contributed by atoms with Crippen molar-refractivity contribution in [3.05, 3.63) is 65.5 Å². The molecular weight excluding hydrogens is 376 g/mol. The molecule has 6 nitrogen and oxygen atoms in total. The molecule has 0 aliphatic heterocycles. The van der Waals surface area contributed by atoms with Crippen LogP contribution in [0.5, 0.6) is 17.2 Å². The first-order valence-electron chi connectivity index (χ1n) is 8.79. The van der Waals surface area contributed by atoms with E-state index in [0.29, 0.717) is 18.0 Å². The van der Waals surface area contributed by atoms with E-state index in [1.54, 1.807) is 33.1 Å². The van der Waals surface area contributed by atoms with Crippen molar-refractivity contribution in [1.29, 1.82) is 0 Å². The lowest BCUT2D eigenvalue weighted by molar-refractivity contribution is 0.277. The topological polar surface area (TPSA) is 65.7 Å². The number of aliphatic hydroxyl groups excluding tert-OH is 1. The first-order valence-corrected chi connectivity index (χ1v) is 9.78. The third-order valence-electron chi connectivity index (χ3n) is 4.24. The molecule has 3 rings (SSSR count). The maximum Gasteiger partial charge on any atom is 0.168 e. The summed E-state index contributed by atoms with van der Waals surface area (Å²) in [5, 5.41) is 10.3. The van der Waals surface area contributed by atoms with E-state index in [0.717, 1.165) is 33.5 Å². The smallest absolute Gasteiger partial charge is 0.168 e. The zero-order chi connectivity index (χ0) is 19.9. The number of thioether (sulfide) groups is 1. The number of ether oxygens (including phenoxy) is 3. The number of methoxy groups -OCH3 is 3. The monoisotopic (exact) mass is 400 g/mol. The van der Waals surface area contributed by atoms with Crippen molar-refractivity contribution in [2.45, 2.75) is 24.1 Å². The second kappa shape index (κ2) is 9.52. The minimum atomic E-state index is -0.0871. The van der Waals surface area contributed by atoms with Gasteiger partial charge in [0.2, 0.25) is 0 Å². The van der Waals surface area contributed by atoms with Gasteiger partial charge in [-0.1, -0.05) is 23.9 Å². The van der Waals surface area contributed by atoms with Crippen molar-refractivity contribution in [1.82, 2.24) is 9.55 Å². The number of imidazole rings is 1. The van der Waals surface area contributed by atoms with E-state index in [2.05, 4.69) is 9.55 Å². The molecule has 0 fully saturated rings. The van der Waals surface area contributed by atoms with Crippen molar-refractivity contribution in [2.24, 2.45) is 0 Å². The van der Waals surface area contributed by atoms with Gasteiger partial charge in [-0.3, -0.25) is 0 Å². The standard InChI is InChI=1S/C21H24N2O4S/c1-25-18-6-4-15(5-7-18)11-23-12-17(13-24)22-21(23)28-14-16-8-19(26-2)10-20(9-16)27-3/h4-10,12,24H,11,13-14H2,1-3H3. The summed E-state index contributed by atoms with van der Waals surface area (Å²) in [4.78, 5) is 4.55. The minimum Gasteiger partial charge on any atom is -0.497 e. The molecule has 0 amide bonds. The maximum atomic E-state index is 9.50. The third kappa shape index (κ3) is 4.99. The van der Waals surface area contributed by atoms with Gasteiger partial charge < -0.3 is 23.9 Å². The lowest BCUT2D eigenvalue weighted by Crippen LogP contribution is -2.00. The second-order valence-electron chi connectivity index (χ2n) is 6.16. The van der Waals surface area contributed by atoms with Gasteiger partial charge in [-0.2, -0.15) is 0 Å². The number of nitrogens with zero attached hydrogens (tertiary/aromatic N) is 2. The number of aliphatic hydroxyl groups is 1. The summed E-state index contributed by atoms with van der Waals surface area (Å²) in [5.74, 6) is 3.05. The fourth-order valence-electron chi connectivity index (χ4n) is 2.78. The van der Waals surface area contributed by atoms with Crippen molar-refractivity contribution < 1.29 is 19.3 Å². The molecule has 0 spiro atoms. The molecule has 3 aromatic rings. The largest absolute Gasteiger partial charge is 0.497 e. The Morgan fingerprint density at radius 1 is 0.893 bits per heavy atom. The second-order valence-corrected chi connectivity index (χ2v) is 7.10. The average molecular weight is 401 g/mol. The SMILES string of the molecule is COc1ccc(Cn2cc(CO)nc2SCc2cc(OC)cc(OC)c2)cc1. The van der Waals surface area contributed by atoms with Crippen LogP contribution in [-0.2, 0) is 18.9 Å². The molecule has 1 heterocycles. The van der Waals surface area contributed by atoms with Crippen molar-refractivity contribution >= 4 is 11.8 Å². The molecular formula is C21H24N2O4S. The summed E-state index contributed by atoms with van der Waals surface area (Å²) in [5.41, 5.74) is 2.86. The number of rotatable bonds is 9. The van der Waals surface area contributed by atoms with E-state index in [4.69, 9.17) is 14.2 Å². The molecule has 2 aromatic carbocycles. The average Bonchev–Trinajstić information content (AvgIpc) is 3.14. The van der Waals surface area contributed by atoms with Crippen LogP contribution in [-0.4, -0.2) is 36.0 Å². The summed E-state index contributed by atoms with van der Waals surface area (Å²) in [7, 11) is 4.93. The highest BCUT2D eigenvalue weighted by atomic mass is 32.2. The normalized spacial score (nSPS) is 10.7. The fourth-order valence-corrected chi connectivity index (χ4v) is 3.71. The Morgan fingerprint density at radius 3 is 2.11 bits per heavy atom. The van der Waals surface area contributed by atoms with Crippen LogP contribution in [0.4, 0.5) is 0 Å². The predicted octanol–water partition coefficient (Wildman–Crippen LogP) is 3.74. The van der Waals surface area contributed by atoms with Crippen LogP contribution < -0.4 is 14.2 Å². The van der Waals surface area contributed by atoms with E-state index in [9.17, 15) is 5.11 Å². The minimum absolute atomic E-state index is 0.0871. The molecule has 28 heavy (non-hydrogen) atoms. The van der Waals surface area contributed by atoms with Crippen LogP contribution in [0.1, 0.15) is 16.8 Å². The predicted molar refractivity (Wildman–Crippen MR) is 109 cm³/mol. The summed E-state index contributed by atoms with van der Waals surface area (Å²) in [6.45, 7) is 0.580. The summed E-state index contributed by atoms with van der Waals surface area (Å²) in [6.07, 6.45) is 1.89. The number of aromatic nitrogens is 2. The Balaban J connectivity index is 1.77. The van der Waals surface area contributed by atoms with E-state index in [1.807, 2.05) is 48.7 Å². The van der Waals surface area contributed by atoms with Crippen LogP contribution in [0.15, 0.2) is 53.8 Å². The molecule has 0 unspecified atom stereocenters. The lowest BCUT2D eigenvalue weighted by Gasteiger charge is -2.10. The van der Waals surface area contributed by atoms with Gasteiger partial charge in [0, 0.05) is 24.6 Å². The van der Waals surface area contributed by atoms with Crippen molar-refractivity contribution in [3.63, 3.8) is 0 Å². The highest BCUT2D eigenvalue weighted by Crippen LogP contribution is 2.29. The molecule has 0 radical (unpaired) electrons. The lowest BCUT2D eigenvalue weighted by atomic mass is 10.2. The molecule has 0 saturated carbocycles. The summed E-state index contributed by atoms with van der Waals surface area (Å²) >= 11 is 1.61. The Labute approximate surface area is 169 Å². The molecule has 7 heteroatoms. The molecule has 0 aliphatic rings. The number of benzene rings is 2. The molecule has 1 aromatic heterocycles. The van der Waals surface area contributed by atoms with E-state index in [-0.39, 0.29) is 6.61 Å². The summed E-state index contributed by atoms with van der Waals surface area (Å²) < 4.78 is 17.9. The quantitative estimate of drug-likeness (QED) is 0.552. The molecule has 0 aliphatic carbocycles. The van der Waals surface area contributed by atoms with Crippen LogP contribution in [0.3, 0.4) is 0 Å². The van der Waals surface area contributed by atoms with Gasteiger partial charge in [-0.05, 0) is 35.4 Å². The molecule has 148 valence electrons. The fraction of sp³-hybridized carbons (Fsp3) is 0.286. The highest BCUT2D eigenvalue weighted by molar-refractivity contribution is 7.98. The van der Waals surface area contributed by atoms with E-state index < -0.39 is 0 Å². The number of hydrogen-bond acceptors (Lipinski definition) is 6. The molecule has 0 bridgehead atoms. The van der Waals surface area contributed by atoms with E-state index >= 15 is 0 Å². The Kier molecular flexibility index (Phi) is 6.84. The van der Waals surface area contributed by atoms with Gasteiger partial charge in [-0.15, -0.1) is 0 Å². The van der Waals surface area contributed by atoms with Gasteiger partial charge in [0.15, 0.2) is 5.16 Å². The van der Waals surface area contributed by atoms with Gasteiger partial charge in [0.25, 0.3) is 0 Å². The van der Waals surface area contributed by atoms with Crippen LogP contribution in [0.2, 0.25) is 0 Å². The maximum absolute atomic E-state index is 9.50. The molecule has 1 N–H and O–H groups in total. The van der Waals surface area contributed by atoms with Crippen molar-refractivity contribution in [3.8, 4) is 17.2 Å². The van der Waals surface area contributed by atoms with Crippen LogP contribution >= 0.6 is 11.8 Å². The molecule has 0 saturated heterocycles. The molecule has 0 atom stereocenters. The zero-order valence-corrected chi connectivity index (χ0v) is 17.0. The van der Waals surface area contributed by atoms with Crippen LogP contribution in [0.25, 0.3) is 0 Å². The van der Waals surface area contributed by atoms with Gasteiger partial charge >= 0.3 is 0 Å². The van der Waals surface area contributed by atoms with E-state index in [1.165, 1.54) is 0 Å². The summed E-state index contributed by atoms with van der Waals surface area (Å²) in [6, 6.07) is 13.8. The first-order chi connectivity index (χ1) is 13.6. The van der Waals surface area contributed by atoms with Gasteiger partial charge in [-0.25, -0.2) is 4.98 Å². The van der Waals surface area contributed by atoms with Crippen LogP contribution in [0, 0.1) is 0 Å². The Morgan fingerprint density at radius 2 is 1.54 bits per heavy atom. The Hall–Kier alpha value is -2.64.